The molecule has 0 saturated heterocycles. The molecule has 6 nitrogen and oxygen atoms in total. The number of methoxy groups -OCH3 is 1. The Morgan fingerprint density at radius 2 is 1.82 bits per heavy atom. The van der Waals surface area contributed by atoms with E-state index in [1.165, 1.54) is 7.11 Å². The van der Waals surface area contributed by atoms with Crippen molar-refractivity contribution in [2.75, 3.05) is 12.4 Å². The molecule has 0 saturated carbocycles. The van der Waals surface area contributed by atoms with Crippen molar-refractivity contribution in [3.63, 3.8) is 0 Å². The number of aromatic nitrogens is 1. The smallest absolute Gasteiger partial charge is 0.412 e. The molecule has 0 aliphatic heterocycles. The van der Waals surface area contributed by atoms with Crippen LogP contribution in [0, 0.1) is 36.0 Å². The number of H-pyrrole nitrogens is 1. The summed E-state index contributed by atoms with van der Waals surface area (Å²) in [7, 11) is 1.33. The zero-order chi connectivity index (χ0) is 24.0. The summed E-state index contributed by atoms with van der Waals surface area (Å²) in [5, 5.41) is 3.57. The molecule has 33 heavy (non-hydrogen) atoms. The number of amides is 1. The fourth-order valence-corrected chi connectivity index (χ4v) is 3.16. The van der Waals surface area contributed by atoms with Crippen LogP contribution in [0.4, 0.5) is 10.5 Å². The van der Waals surface area contributed by atoms with Gasteiger partial charge in [0.1, 0.15) is 5.60 Å². The topological polar surface area (TPSA) is 80.4 Å². The van der Waals surface area contributed by atoms with Gasteiger partial charge < -0.3 is 14.5 Å². The van der Waals surface area contributed by atoms with Crippen molar-refractivity contribution in [2.45, 2.75) is 26.4 Å². The van der Waals surface area contributed by atoms with Crippen LogP contribution in [0.15, 0.2) is 42.5 Å². The highest BCUT2D eigenvalue weighted by atomic mass is 16.6. The molecule has 0 aliphatic rings. The van der Waals surface area contributed by atoms with Gasteiger partial charge in [0.2, 0.25) is 0 Å². The first-order valence-corrected chi connectivity index (χ1v) is 10.0. The van der Waals surface area contributed by atoms with Crippen LogP contribution in [-0.4, -0.2) is 29.8 Å². The molecule has 0 atom stereocenters. The first-order valence-electron chi connectivity index (χ1n) is 10.0. The Morgan fingerprint density at radius 1 is 1.06 bits per heavy atom. The number of hydrogen-bond acceptors (Lipinski definition) is 4. The second-order valence-corrected chi connectivity index (χ2v) is 7.94. The number of benzene rings is 2. The summed E-state index contributed by atoms with van der Waals surface area (Å²) in [6, 6.07) is 12.4. The number of rotatable bonds is 3. The Kier molecular flexibility index (Phi) is 6.77. The van der Waals surface area contributed by atoms with Crippen molar-refractivity contribution in [2.24, 2.45) is 0 Å². The molecule has 0 fully saturated rings. The maximum Gasteiger partial charge on any atom is 0.412 e. The molecule has 3 aromatic rings. The van der Waals surface area contributed by atoms with E-state index in [0.717, 1.165) is 5.39 Å². The number of terminal acetylenes is 1. The van der Waals surface area contributed by atoms with E-state index in [4.69, 9.17) is 15.9 Å². The Morgan fingerprint density at radius 3 is 2.52 bits per heavy atom. The van der Waals surface area contributed by atoms with E-state index in [1.807, 2.05) is 12.1 Å². The van der Waals surface area contributed by atoms with Gasteiger partial charge in [-0.25, -0.2) is 9.59 Å². The second kappa shape index (κ2) is 9.69. The number of fused-ring (bicyclic) bond motifs is 1. The molecule has 0 spiro atoms. The highest BCUT2D eigenvalue weighted by molar-refractivity contribution is 6.01. The number of anilines is 1. The molecule has 0 radical (unpaired) electrons. The summed E-state index contributed by atoms with van der Waals surface area (Å²) in [4.78, 5) is 27.7. The largest absolute Gasteiger partial charge is 0.465 e. The number of esters is 1. The molecule has 0 aliphatic carbocycles. The van der Waals surface area contributed by atoms with E-state index in [2.05, 4.69) is 39.9 Å². The van der Waals surface area contributed by atoms with Crippen LogP contribution in [-0.2, 0) is 9.47 Å². The number of carbonyl (C=O) groups is 2. The number of para-hydroxylation sites is 1. The highest BCUT2D eigenvalue weighted by Gasteiger charge is 2.20. The van der Waals surface area contributed by atoms with Gasteiger partial charge >= 0.3 is 12.1 Å². The monoisotopic (exact) mass is 438 g/mol. The van der Waals surface area contributed by atoms with Crippen LogP contribution in [0.2, 0.25) is 0 Å². The van der Waals surface area contributed by atoms with E-state index in [1.54, 1.807) is 51.1 Å². The summed E-state index contributed by atoms with van der Waals surface area (Å²) in [5.74, 6) is 12.6. The van der Waals surface area contributed by atoms with Crippen molar-refractivity contribution in [3.8, 4) is 47.3 Å². The third-order valence-corrected chi connectivity index (χ3v) is 4.44. The fraction of sp³-hybridized carbons (Fsp3) is 0.185. The van der Waals surface area contributed by atoms with Gasteiger partial charge in [0.15, 0.2) is 0 Å². The number of aromatic amines is 1. The fourth-order valence-electron chi connectivity index (χ4n) is 3.16. The average molecular weight is 438 g/mol. The molecule has 6 heteroatoms. The Labute approximate surface area is 192 Å². The van der Waals surface area contributed by atoms with Crippen molar-refractivity contribution in [1.82, 2.24) is 4.98 Å². The van der Waals surface area contributed by atoms with Crippen molar-refractivity contribution in [3.05, 3.63) is 53.6 Å². The predicted molar refractivity (Wildman–Crippen MR) is 128 cm³/mol. The van der Waals surface area contributed by atoms with Gasteiger partial charge in [-0.2, -0.15) is 0 Å². The lowest BCUT2D eigenvalue weighted by molar-refractivity contribution is 0.0598. The number of ether oxygens (including phenoxy) is 2. The van der Waals surface area contributed by atoms with Gasteiger partial charge in [0.05, 0.1) is 29.6 Å². The summed E-state index contributed by atoms with van der Waals surface area (Å²) in [6.07, 6.45) is 4.60. The van der Waals surface area contributed by atoms with E-state index in [0.29, 0.717) is 33.6 Å². The lowest BCUT2D eigenvalue weighted by atomic mass is 10.0. The lowest BCUT2D eigenvalue weighted by Crippen LogP contribution is -2.27. The molecule has 0 bridgehead atoms. The van der Waals surface area contributed by atoms with Crippen LogP contribution < -0.4 is 5.32 Å². The molecule has 1 aromatic heterocycles. The molecular weight excluding hydrogens is 416 g/mol. The summed E-state index contributed by atoms with van der Waals surface area (Å²) < 4.78 is 10.2. The summed E-state index contributed by atoms with van der Waals surface area (Å²) in [6.45, 7) is 5.38. The molecule has 0 unspecified atom stereocenters. The standard InChI is InChI=1S/C27H22N2O4/c1-6-7-8-9-12-20-19-16-15-18(25(30)32-5)17-23(19)28-24(20)21-13-10-11-14-22(21)29-26(31)33-27(2,3)4/h1,10-11,13-17,28H,2-5H3,(H,29,31). The summed E-state index contributed by atoms with van der Waals surface area (Å²) in [5.41, 5.74) is 2.94. The second-order valence-electron chi connectivity index (χ2n) is 7.94. The predicted octanol–water partition coefficient (Wildman–Crippen LogP) is 4.96. The van der Waals surface area contributed by atoms with Gasteiger partial charge in [-0.1, -0.05) is 24.3 Å². The average Bonchev–Trinajstić information content (AvgIpc) is 3.12. The van der Waals surface area contributed by atoms with Gasteiger partial charge in [-0.05, 0) is 68.6 Å². The zero-order valence-corrected chi connectivity index (χ0v) is 18.8. The number of hydrogen-bond donors (Lipinski definition) is 2. The number of carbonyl (C=O) groups excluding carboxylic acids is 2. The Balaban J connectivity index is 2.17. The van der Waals surface area contributed by atoms with Crippen LogP contribution >= 0.6 is 0 Å². The Hall–Kier alpha value is -4.60. The van der Waals surface area contributed by atoms with E-state index < -0.39 is 17.7 Å². The lowest BCUT2D eigenvalue weighted by Gasteiger charge is -2.20. The van der Waals surface area contributed by atoms with Crippen LogP contribution in [0.3, 0.4) is 0 Å². The van der Waals surface area contributed by atoms with Crippen LogP contribution in [0.5, 0.6) is 0 Å². The van der Waals surface area contributed by atoms with Crippen molar-refractivity contribution >= 4 is 28.7 Å². The van der Waals surface area contributed by atoms with E-state index >= 15 is 0 Å². The molecule has 3 rings (SSSR count). The number of nitrogens with one attached hydrogen (secondary N) is 2. The van der Waals surface area contributed by atoms with Gasteiger partial charge in [0, 0.05) is 16.5 Å². The molecular formula is C27H22N2O4. The first kappa shape index (κ1) is 23.1. The third-order valence-electron chi connectivity index (χ3n) is 4.44. The summed E-state index contributed by atoms with van der Waals surface area (Å²) >= 11 is 0. The molecule has 164 valence electrons. The van der Waals surface area contributed by atoms with E-state index in [9.17, 15) is 9.59 Å². The van der Waals surface area contributed by atoms with Gasteiger partial charge in [-0.15, -0.1) is 6.42 Å². The van der Waals surface area contributed by atoms with Gasteiger partial charge in [-0.3, -0.25) is 5.32 Å². The van der Waals surface area contributed by atoms with Crippen LogP contribution in [0.1, 0.15) is 36.7 Å². The minimum absolute atomic E-state index is 0.393. The maximum absolute atomic E-state index is 12.4. The molecule has 1 amide bonds. The SMILES string of the molecule is C#CC#CC#Cc1c(-c2ccccc2NC(=O)OC(C)(C)C)[nH]c2cc(C(=O)OC)ccc12. The molecule has 2 aromatic carbocycles. The maximum atomic E-state index is 12.4. The Bertz CT molecular complexity index is 1390. The quantitative estimate of drug-likeness (QED) is 0.448. The minimum atomic E-state index is -0.642. The first-order chi connectivity index (χ1) is 15.7. The minimum Gasteiger partial charge on any atom is -0.465 e. The zero-order valence-electron chi connectivity index (χ0n) is 18.8. The van der Waals surface area contributed by atoms with Crippen molar-refractivity contribution < 1.29 is 19.1 Å². The van der Waals surface area contributed by atoms with Gasteiger partial charge in [0.25, 0.3) is 0 Å². The van der Waals surface area contributed by atoms with Crippen molar-refractivity contribution in [1.29, 1.82) is 0 Å². The third kappa shape index (κ3) is 5.56. The molecule has 2 N–H and O–H groups in total. The van der Waals surface area contributed by atoms with E-state index in [-0.39, 0.29) is 0 Å². The molecule has 1 heterocycles. The normalized spacial score (nSPS) is 10.2. The van der Waals surface area contributed by atoms with Crippen LogP contribution in [0.25, 0.3) is 22.2 Å². The highest BCUT2D eigenvalue weighted by Crippen LogP contribution is 2.35.